The minimum Gasteiger partial charge on any atom is -0.348 e. The van der Waals surface area contributed by atoms with Crippen LogP contribution >= 0.6 is 11.3 Å². The Labute approximate surface area is 133 Å². The molecule has 0 saturated heterocycles. The zero-order valence-electron chi connectivity index (χ0n) is 12.5. The maximum atomic E-state index is 12.3. The maximum absolute atomic E-state index is 12.3. The van der Waals surface area contributed by atoms with Gasteiger partial charge in [0.1, 0.15) is 11.6 Å². The number of carbonyl (C=O) groups excluding carboxylic acids is 1. The van der Waals surface area contributed by atoms with Gasteiger partial charge < -0.3 is 9.88 Å². The third-order valence-corrected chi connectivity index (χ3v) is 4.23. The molecule has 0 radical (unpaired) electrons. The molecule has 0 aliphatic carbocycles. The fourth-order valence-electron chi connectivity index (χ4n) is 2.24. The van der Waals surface area contributed by atoms with Crippen LogP contribution in [0.2, 0.25) is 0 Å². The molecule has 0 saturated carbocycles. The summed E-state index contributed by atoms with van der Waals surface area (Å²) in [6.07, 6.45) is 3.05. The van der Waals surface area contributed by atoms with Gasteiger partial charge in [0.25, 0.3) is 5.56 Å². The number of aromatic nitrogens is 5. The first-order valence-corrected chi connectivity index (χ1v) is 7.63. The molecule has 3 aromatic rings. The normalized spacial score (nSPS) is 11.0. The van der Waals surface area contributed by atoms with Gasteiger partial charge in [-0.15, -0.1) is 11.3 Å². The number of rotatable bonds is 4. The van der Waals surface area contributed by atoms with E-state index in [0.717, 1.165) is 9.57 Å². The van der Waals surface area contributed by atoms with Gasteiger partial charge in [-0.05, 0) is 0 Å². The Kier molecular flexibility index (Phi) is 3.82. The number of fused-ring (bicyclic) bond motifs is 1. The molecule has 9 nitrogen and oxygen atoms in total. The number of nitrogens with zero attached hydrogens (tertiary/aromatic N) is 5. The standard InChI is InChI=1S/C13H14N6O3S/c1-17-11-10(12(21)18(2)13(17)22)19(7-16-11)6-8(20)15-5-9-14-3-4-23-9/h3-4,7H,5-6H2,1-2H3,(H,15,20). The van der Waals surface area contributed by atoms with Gasteiger partial charge in [0, 0.05) is 25.7 Å². The number of amides is 1. The Morgan fingerprint density at radius 3 is 2.74 bits per heavy atom. The van der Waals surface area contributed by atoms with Crippen molar-refractivity contribution >= 4 is 28.4 Å². The van der Waals surface area contributed by atoms with Crippen molar-refractivity contribution in [2.45, 2.75) is 13.1 Å². The highest BCUT2D eigenvalue weighted by atomic mass is 32.1. The average Bonchev–Trinajstić information content (AvgIpc) is 3.18. The summed E-state index contributed by atoms with van der Waals surface area (Å²) in [5.41, 5.74) is -0.459. The molecule has 0 fully saturated rings. The number of thiazole rings is 1. The largest absolute Gasteiger partial charge is 0.348 e. The van der Waals surface area contributed by atoms with Gasteiger partial charge in [-0.2, -0.15) is 0 Å². The fraction of sp³-hybridized carbons (Fsp3) is 0.308. The van der Waals surface area contributed by atoms with Gasteiger partial charge in [0.05, 0.1) is 12.9 Å². The lowest BCUT2D eigenvalue weighted by atomic mass is 10.4. The molecule has 1 amide bonds. The fourth-order valence-corrected chi connectivity index (χ4v) is 2.80. The lowest BCUT2D eigenvalue weighted by Gasteiger charge is -2.07. The quantitative estimate of drug-likeness (QED) is 0.673. The summed E-state index contributed by atoms with van der Waals surface area (Å²) >= 11 is 1.45. The Bertz CT molecular complexity index is 982. The first-order valence-electron chi connectivity index (χ1n) is 6.75. The van der Waals surface area contributed by atoms with E-state index in [0.29, 0.717) is 6.54 Å². The summed E-state index contributed by atoms with van der Waals surface area (Å²) in [6, 6.07) is 0. The lowest BCUT2D eigenvalue weighted by molar-refractivity contribution is -0.121. The van der Waals surface area contributed by atoms with Gasteiger partial charge in [-0.3, -0.25) is 18.7 Å². The van der Waals surface area contributed by atoms with E-state index in [9.17, 15) is 14.4 Å². The van der Waals surface area contributed by atoms with Crippen molar-refractivity contribution in [2.75, 3.05) is 0 Å². The molecule has 23 heavy (non-hydrogen) atoms. The van der Waals surface area contributed by atoms with Crippen molar-refractivity contribution < 1.29 is 4.79 Å². The van der Waals surface area contributed by atoms with Gasteiger partial charge in [0.15, 0.2) is 11.2 Å². The first kappa shape index (κ1) is 15.2. The highest BCUT2D eigenvalue weighted by molar-refractivity contribution is 7.09. The van der Waals surface area contributed by atoms with Crippen LogP contribution in [0.4, 0.5) is 0 Å². The molecule has 3 rings (SSSR count). The Hall–Kier alpha value is -2.75. The zero-order chi connectivity index (χ0) is 16.6. The van der Waals surface area contributed by atoms with E-state index in [1.165, 1.54) is 40.9 Å². The second kappa shape index (κ2) is 5.80. The Balaban J connectivity index is 1.88. The number of imidazole rings is 1. The van der Waals surface area contributed by atoms with Gasteiger partial charge in [-0.25, -0.2) is 14.8 Å². The minimum absolute atomic E-state index is 0.0602. The van der Waals surface area contributed by atoms with E-state index in [2.05, 4.69) is 15.3 Å². The molecule has 0 aromatic carbocycles. The number of aryl methyl sites for hydroxylation is 1. The maximum Gasteiger partial charge on any atom is 0.332 e. The smallest absolute Gasteiger partial charge is 0.332 e. The molecule has 10 heteroatoms. The molecule has 3 heterocycles. The van der Waals surface area contributed by atoms with Gasteiger partial charge in [-0.1, -0.05) is 0 Å². The minimum atomic E-state index is -0.478. The molecule has 0 atom stereocenters. The van der Waals surface area contributed by atoms with Crippen molar-refractivity contribution in [1.29, 1.82) is 0 Å². The van der Waals surface area contributed by atoms with E-state index in [4.69, 9.17) is 0 Å². The van der Waals surface area contributed by atoms with Crippen LogP contribution in [-0.4, -0.2) is 29.6 Å². The topological polar surface area (TPSA) is 104 Å². The second-order valence-corrected chi connectivity index (χ2v) is 5.93. The number of hydrogen-bond donors (Lipinski definition) is 1. The third-order valence-electron chi connectivity index (χ3n) is 3.45. The number of nitrogens with one attached hydrogen (secondary N) is 1. The summed E-state index contributed by atoms with van der Waals surface area (Å²) in [6.45, 7) is 0.273. The van der Waals surface area contributed by atoms with Crippen LogP contribution in [0, 0.1) is 0 Å². The van der Waals surface area contributed by atoms with E-state index in [-0.39, 0.29) is 23.6 Å². The lowest BCUT2D eigenvalue weighted by Crippen LogP contribution is -2.38. The predicted octanol–water partition coefficient (Wildman–Crippen LogP) is -0.793. The molecule has 3 aromatic heterocycles. The van der Waals surface area contributed by atoms with Crippen LogP contribution in [0.1, 0.15) is 5.01 Å². The molecule has 0 spiro atoms. The third kappa shape index (κ3) is 2.68. The van der Waals surface area contributed by atoms with Crippen LogP contribution in [0.3, 0.4) is 0 Å². The first-order chi connectivity index (χ1) is 11.0. The number of carbonyl (C=O) groups is 1. The van der Waals surface area contributed by atoms with Crippen LogP contribution < -0.4 is 16.6 Å². The molecule has 120 valence electrons. The molecule has 0 aliphatic rings. The highest BCUT2D eigenvalue weighted by Gasteiger charge is 2.15. The summed E-state index contributed by atoms with van der Waals surface area (Å²) in [5.74, 6) is -0.268. The van der Waals surface area contributed by atoms with Crippen LogP contribution in [0.15, 0.2) is 27.5 Å². The van der Waals surface area contributed by atoms with Crippen LogP contribution in [0.25, 0.3) is 11.2 Å². The number of hydrogen-bond acceptors (Lipinski definition) is 6. The molecule has 0 unspecified atom stereocenters. The van der Waals surface area contributed by atoms with Crippen molar-refractivity contribution in [1.82, 2.24) is 29.0 Å². The average molecular weight is 334 g/mol. The molecule has 1 N–H and O–H groups in total. The van der Waals surface area contributed by atoms with E-state index < -0.39 is 11.2 Å². The van der Waals surface area contributed by atoms with Crippen molar-refractivity contribution in [3.05, 3.63) is 43.7 Å². The van der Waals surface area contributed by atoms with Crippen molar-refractivity contribution in [3.8, 4) is 0 Å². The van der Waals surface area contributed by atoms with E-state index >= 15 is 0 Å². The zero-order valence-corrected chi connectivity index (χ0v) is 13.3. The SMILES string of the molecule is Cn1c(=O)c2c(ncn2CC(=O)NCc2nccs2)n(C)c1=O. The molecule has 0 bridgehead atoms. The Morgan fingerprint density at radius 1 is 1.26 bits per heavy atom. The Morgan fingerprint density at radius 2 is 2.04 bits per heavy atom. The highest BCUT2D eigenvalue weighted by Crippen LogP contribution is 2.06. The predicted molar refractivity (Wildman–Crippen MR) is 84.2 cm³/mol. The summed E-state index contributed by atoms with van der Waals surface area (Å²) in [4.78, 5) is 44.3. The molecule has 0 aliphatic heterocycles. The van der Waals surface area contributed by atoms with E-state index in [1.807, 2.05) is 5.38 Å². The van der Waals surface area contributed by atoms with Gasteiger partial charge in [0.2, 0.25) is 5.91 Å². The summed E-state index contributed by atoms with van der Waals surface area (Å²) < 4.78 is 3.71. The summed E-state index contributed by atoms with van der Waals surface area (Å²) in [5, 5.41) is 5.36. The van der Waals surface area contributed by atoms with Crippen LogP contribution in [0.5, 0.6) is 0 Å². The van der Waals surface area contributed by atoms with Crippen LogP contribution in [-0.2, 0) is 32.0 Å². The van der Waals surface area contributed by atoms with E-state index in [1.54, 1.807) is 6.20 Å². The van der Waals surface area contributed by atoms with Gasteiger partial charge >= 0.3 is 5.69 Å². The monoisotopic (exact) mass is 334 g/mol. The second-order valence-electron chi connectivity index (χ2n) is 4.95. The molecular weight excluding hydrogens is 320 g/mol. The van der Waals surface area contributed by atoms with Crippen molar-refractivity contribution in [2.24, 2.45) is 14.1 Å². The molecular formula is C13H14N6O3S. The van der Waals surface area contributed by atoms with Crippen molar-refractivity contribution in [3.63, 3.8) is 0 Å². The summed E-state index contributed by atoms with van der Waals surface area (Å²) in [7, 11) is 2.92.